The van der Waals surface area contributed by atoms with E-state index in [0.717, 1.165) is 11.3 Å². The molecule has 12 heavy (non-hydrogen) atoms. The van der Waals surface area contributed by atoms with Crippen LogP contribution >= 0.6 is 11.3 Å². The lowest BCUT2D eigenvalue weighted by Crippen LogP contribution is -2.17. The highest BCUT2D eigenvalue weighted by Gasteiger charge is 2.13. The molecule has 1 aromatic rings. The van der Waals surface area contributed by atoms with Crippen molar-refractivity contribution in [3.8, 4) is 5.06 Å². The van der Waals surface area contributed by atoms with Crippen LogP contribution in [0.2, 0.25) is 0 Å². The normalized spacial score (nSPS) is 11.5. The van der Waals surface area contributed by atoms with E-state index in [1.54, 1.807) is 6.07 Å². The number of sulfonamides is 1. The Morgan fingerprint density at radius 2 is 2.17 bits per heavy atom. The monoisotopic (exact) mass is 207 g/mol. The van der Waals surface area contributed by atoms with Gasteiger partial charge in [0.1, 0.15) is 4.21 Å². The Balaban J connectivity index is 3.05. The first-order chi connectivity index (χ1) is 5.60. The van der Waals surface area contributed by atoms with Crippen LogP contribution < -0.4 is 9.46 Å². The lowest BCUT2D eigenvalue weighted by atomic mass is 10.6. The molecule has 0 saturated heterocycles. The van der Waals surface area contributed by atoms with E-state index in [9.17, 15) is 8.42 Å². The number of hydrogen-bond acceptors (Lipinski definition) is 4. The van der Waals surface area contributed by atoms with E-state index in [0.29, 0.717) is 5.06 Å². The Morgan fingerprint density at radius 1 is 1.50 bits per heavy atom. The standard InChI is InChI=1S/C6H9NO3S2/c1-7-12(8,9)6-4-3-5(10-2)11-6/h3-4,7H,1-2H3. The summed E-state index contributed by atoms with van der Waals surface area (Å²) in [6.07, 6.45) is 0. The third-order valence-corrected chi connectivity index (χ3v) is 4.24. The van der Waals surface area contributed by atoms with Gasteiger partial charge < -0.3 is 4.74 Å². The number of thiophene rings is 1. The molecule has 0 atom stereocenters. The number of methoxy groups -OCH3 is 1. The van der Waals surface area contributed by atoms with E-state index < -0.39 is 10.0 Å². The molecule has 68 valence electrons. The molecule has 4 nitrogen and oxygen atoms in total. The van der Waals surface area contributed by atoms with Crippen LogP contribution in [0, 0.1) is 0 Å². The van der Waals surface area contributed by atoms with E-state index in [2.05, 4.69) is 4.72 Å². The Bertz CT molecular complexity index is 355. The van der Waals surface area contributed by atoms with Crippen molar-refractivity contribution in [3.05, 3.63) is 12.1 Å². The van der Waals surface area contributed by atoms with E-state index >= 15 is 0 Å². The van der Waals surface area contributed by atoms with Gasteiger partial charge in [0.2, 0.25) is 10.0 Å². The molecular weight excluding hydrogens is 198 g/mol. The summed E-state index contributed by atoms with van der Waals surface area (Å²) in [4.78, 5) is 0. The van der Waals surface area contributed by atoms with Gasteiger partial charge in [0.25, 0.3) is 0 Å². The fraction of sp³-hybridized carbons (Fsp3) is 0.333. The molecule has 0 aliphatic heterocycles. The molecule has 0 aliphatic rings. The first kappa shape index (κ1) is 9.50. The zero-order valence-corrected chi connectivity index (χ0v) is 8.33. The summed E-state index contributed by atoms with van der Waals surface area (Å²) in [5.74, 6) is 0. The summed E-state index contributed by atoms with van der Waals surface area (Å²) in [7, 11) is -0.421. The molecule has 1 N–H and O–H groups in total. The maximum absolute atomic E-state index is 11.2. The third-order valence-electron chi connectivity index (χ3n) is 1.29. The number of ether oxygens (including phenoxy) is 1. The Hall–Kier alpha value is -0.590. The van der Waals surface area contributed by atoms with Crippen molar-refractivity contribution in [3.63, 3.8) is 0 Å². The van der Waals surface area contributed by atoms with Crippen molar-refractivity contribution in [1.29, 1.82) is 0 Å². The molecule has 0 unspecified atom stereocenters. The topological polar surface area (TPSA) is 55.4 Å². The van der Waals surface area contributed by atoms with Gasteiger partial charge in [-0.25, -0.2) is 13.1 Å². The minimum absolute atomic E-state index is 0.266. The Morgan fingerprint density at radius 3 is 2.58 bits per heavy atom. The molecule has 0 aliphatic carbocycles. The Labute approximate surface area is 75.2 Å². The maximum Gasteiger partial charge on any atom is 0.249 e. The van der Waals surface area contributed by atoms with Gasteiger partial charge in [-0.1, -0.05) is 11.3 Å². The van der Waals surface area contributed by atoms with Crippen LogP contribution in [-0.2, 0) is 10.0 Å². The quantitative estimate of drug-likeness (QED) is 0.792. The molecule has 0 fully saturated rings. The molecule has 1 heterocycles. The molecule has 6 heteroatoms. The van der Waals surface area contributed by atoms with E-state index in [4.69, 9.17) is 4.74 Å². The van der Waals surface area contributed by atoms with Crippen LogP contribution in [-0.4, -0.2) is 22.6 Å². The Kier molecular flexibility index (Phi) is 2.71. The van der Waals surface area contributed by atoms with Gasteiger partial charge in [-0.2, -0.15) is 0 Å². The van der Waals surface area contributed by atoms with Crippen LogP contribution in [0.15, 0.2) is 16.3 Å². The molecule has 0 amide bonds. The molecular formula is C6H9NO3S2. The van der Waals surface area contributed by atoms with Crippen LogP contribution in [0.1, 0.15) is 0 Å². The number of rotatable bonds is 3. The second kappa shape index (κ2) is 3.42. The molecule has 1 rings (SSSR count). The predicted molar refractivity (Wildman–Crippen MR) is 47.1 cm³/mol. The summed E-state index contributed by atoms with van der Waals surface area (Å²) >= 11 is 1.09. The minimum atomic E-state index is -3.30. The van der Waals surface area contributed by atoms with E-state index in [1.165, 1.54) is 20.2 Å². The van der Waals surface area contributed by atoms with Gasteiger partial charge in [0, 0.05) is 0 Å². The minimum Gasteiger partial charge on any atom is -0.487 e. The smallest absolute Gasteiger partial charge is 0.249 e. The zero-order valence-electron chi connectivity index (χ0n) is 6.70. The van der Waals surface area contributed by atoms with Crippen LogP contribution in [0.5, 0.6) is 5.06 Å². The van der Waals surface area contributed by atoms with Crippen molar-refractivity contribution in [2.45, 2.75) is 4.21 Å². The fourth-order valence-electron chi connectivity index (χ4n) is 0.658. The lowest BCUT2D eigenvalue weighted by molar-refractivity contribution is 0.427. The number of nitrogens with one attached hydrogen (secondary N) is 1. The lowest BCUT2D eigenvalue weighted by Gasteiger charge is -1.95. The van der Waals surface area contributed by atoms with Gasteiger partial charge in [0.15, 0.2) is 5.06 Å². The van der Waals surface area contributed by atoms with Gasteiger partial charge in [0.05, 0.1) is 7.11 Å². The summed E-state index contributed by atoms with van der Waals surface area (Å²) in [6.45, 7) is 0. The highest BCUT2D eigenvalue weighted by Crippen LogP contribution is 2.27. The average molecular weight is 207 g/mol. The van der Waals surface area contributed by atoms with Crippen LogP contribution in [0.4, 0.5) is 0 Å². The maximum atomic E-state index is 11.2. The zero-order chi connectivity index (χ0) is 9.19. The van der Waals surface area contributed by atoms with Crippen molar-refractivity contribution in [1.82, 2.24) is 4.72 Å². The van der Waals surface area contributed by atoms with E-state index in [-0.39, 0.29) is 4.21 Å². The summed E-state index contributed by atoms with van der Waals surface area (Å²) < 4.78 is 29.7. The highest BCUT2D eigenvalue weighted by atomic mass is 32.2. The van der Waals surface area contributed by atoms with Crippen molar-refractivity contribution in [2.24, 2.45) is 0 Å². The SMILES string of the molecule is CNS(=O)(=O)c1ccc(OC)s1. The first-order valence-corrected chi connectivity index (χ1v) is 5.47. The third kappa shape index (κ3) is 1.77. The highest BCUT2D eigenvalue weighted by molar-refractivity contribution is 7.91. The molecule has 0 radical (unpaired) electrons. The summed E-state index contributed by atoms with van der Waals surface area (Å²) in [5.41, 5.74) is 0. The summed E-state index contributed by atoms with van der Waals surface area (Å²) in [5, 5.41) is 0.587. The second-order valence-corrected chi connectivity index (χ2v) is 5.14. The van der Waals surface area contributed by atoms with Gasteiger partial charge in [-0.3, -0.25) is 0 Å². The van der Waals surface area contributed by atoms with Crippen LogP contribution in [0.25, 0.3) is 0 Å². The van der Waals surface area contributed by atoms with Gasteiger partial charge in [-0.15, -0.1) is 0 Å². The van der Waals surface area contributed by atoms with Gasteiger partial charge >= 0.3 is 0 Å². The molecule has 1 aromatic heterocycles. The van der Waals surface area contributed by atoms with Crippen LogP contribution in [0.3, 0.4) is 0 Å². The predicted octanol–water partition coefficient (Wildman–Crippen LogP) is 0.665. The van der Waals surface area contributed by atoms with Crippen molar-refractivity contribution in [2.75, 3.05) is 14.2 Å². The second-order valence-electron chi connectivity index (χ2n) is 1.99. The van der Waals surface area contributed by atoms with Crippen molar-refractivity contribution < 1.29 is 13.2 Å². The van der Waals surface area contributed by atoms with E-state index in [1.807, 2.05) is 0 Å². The molecule has 0 aromatic carbocycles. The molecule has 0 spiro atoms. The molecule has 0 bridgehead atoms. The molecule has 0 saturated carbocycles. The first-order valence-electron chi connectivity index (χ1n) is 3.17. The fourth-order valence-corrected chi connectivity index (χ4v) is 2.60. The summed E-state index contributed by atoms with van der Waals surface area (Å²) in [6, 6.07) is 3.13. The average Bonchev–Trinajstić information content (AvgIpc) is 2.52. The van der Waals surface area contributed by atoms with Crippen molar-refractivity contribution >= 4 is 21.4 Å². The van der Waals surface area contributed by atoms with Gasteiger partial charge in [-0.05, 0) is 19.2 Å². The number of hydrogen-bond donors (Lipinski definition) is 1. The largest absolute Gasteiger partial charge is 0.487 e.